The summed E-state index contributed by atoms with van der Waals surface area (Å²) in [6.45, 7) is 5.46. The molecule has 1 atom stereocenters. The molecule has 3 N–H and O–H groups in total. The van der Waals surface area contributed by atoms with Crippen LogP contribution in [0.2, 0.25) is 0 Å². The monoisotopic (exact) mass is 318 g/mol. The number of benzene rings is 1. The third kappa shape index (κ3) is 3.90. The topological polar surface area (TPSA) is 94.5 Å². The normalized spacial score (nSPS) is 13.0. The van der Waals surface area contributed by atoms with Crippen LogP contribution in [-0.4, -0.2) is 27.7 Å². The van der Waals surface area contributed by atoms with E-state index in [4.69, 9.17) is 15.6 Å². The predicted octanol–water partition coefficient (Wildman–Crippen LogP) is 2.14. The maximum Gasteiger partial charge on any atom is 0.320 e. The lowest BCUT2D eigenvalue weighted by molar-refractivity contribution is -0.156. The van der Waals surface area contributed by atoms with Crippen LogP contribution in [0.15, 0.2) is 30.5 Å². The highest BCUT2D eigenvalue weighted by molar-refractivity contribution is 5.85. The molecule has 23 heavy (non-hydrogen) atoms. The molecule has 0 bridgehead atoms. The summed E-state index contributed by atoms with van der Waals surface area (Å²) in [6.07, 6.45) is 2.01. The van der Waals surface area contributed by atoms with Gasteiger partial charge < -0.3 is 20.1 Å². The van der Waals surface area contributed by atoms with E-state index in [1.165, 1.54) is 0 Å². The van der Waals surface area contributed by atoms with Gasteiger partial charge in [0.25, 0.3) is 0 Å². The van der Waals surface area contributed by atoms with Gasteiger partial charge in [-0.2, -0.15) is 0 Å². The molecule has 0 amide bonds. The summed E-state index contributed by atoms with van der Waals surface area (Å²) in [7, 11) is 0. The van der Waals surface area contributed by atoms with Crippen LogP contribution in [0.1, 0.15) is 26.3 Å². The minimum Gasteiger partial charge on any atom is -0.480 e. The first-order chi connectivity index (χ1) is 10.7. The van der Waals surface area contributed by atoms with Gasteiger partial charge in [-0.1, -0.05) is 18.2 Å². The van der Waals surface area contributed by atoms with Gasteiger partial charge >= 0.3 is 11.9 Å². The highest BCUT2D eigenvalue weighted by Crippen LogP contribution is 2.23. The zero-order valence-electron chi connectivity index (χ0n) is 13.6. The molecule has 0 fully saturated rings. The summed E-state index contributed by atoms with van der Waals surface area (Å²) >= 11 is 0. The van der Waals surface area contributed by atoms with Crippen molar-refractivity contribution in [2.24, 2.45) is 11.1 Å². The number of esters is 1. The number of aromatic nitrogens is 1. The number of nitrogens with two attached hydrogens (primary N) is 1. The zero-order valence-corrected chi connectivity index (χ0v) is 13.6. The van der Waals surface area contributed by atoms with E-state index in [9.17, 15) is 9.59 Å². The first-order valence-corrected chi connectivity index (χ1v) is 7.42. The molecule has 1 aromatic heterocycles. The fraction of sp³-hybridized carbons (Fsp3) is 0.412. The highest BCUT2D eigenvalue weighted by atomic mass is 16.5. The molecule has 124 valence electrons. The lowest BCUT2D eigenvalue weighted by Crippen LogP contribution is -2.32. The van der Waals surface area contributed by atoms with Gasteiger partial charge in [0.05, 0.1) is 10.9 Å². The molecule has 0 saturated heterocycles. The average Bonchev–Trinajstić information content (AvgIpc) is 2.82. The molecule has 0 aliphatic rings. The lowest BCUT2D eigenvalue weighted by atomic mass is 9.98. The van der Waals surface area contributed by atoms with Crippen LogP contribution >= 0.6 is 0 Å². The number of ether oxygens (including phenoxy) is 1. The third-order valence-electron chi connectivity index (χ3n) is 3.58. The number of carbonyl (C=O) groups is 2. The summed E-state index contributed by atoms with van der Waals surface area (Å²) in [5.74, 6) is -1.33. The summed E-state index contributed by atoms with van der Waals surface area (Å²) in [6, 6.07) is 6.60. The van der Waals surface area contributed by atoms with Gasteiger partial charge in [0.2, 0.25) is 0 Å². The Balaban J connectivity index is 2.27. The van der Waals surface area contributed by atoms with Crippen molar-refractivity contribution in [2.75, 3.05) is 0 Å². The van der Waals surface area contributed by atoms with Crippen molar-refractivity contribution in [3.63, 3.8) is 0 Å². The van der Waals surface area contributed by atoms with Crippen molar-refractivity contribution in [1.29, 1.82) is 0 Å². The first-order valence-electron chi connectivity index (χ1n) is 7.42. The first kappa shape index (κ1) is 17.0. The third-order valence-corrected chi connectivity index (χ3v) is 3.58. The molecule has 1 aromatic carbocycles. The van der Waals surface area contributed by atoms with Gasteiger partial charge in [0, 0.05) is 18.0 Å². The van der Waals surface area contributed by atoms with Crippen LogP contribution in [0.25, 0.3) is 10.9 Å². The molecule has 0 aliphatic heterocycles. The lowest BCUT2D eigenvalue weighted by Gasteiger charge is -2.17. The molecular formula is C17H22N2O4. The van der Waals surface area contributed by atoms with Crippen molar-refractivity contribution in [3.8, 4) is 0 Å². The number of aliphatic carboxylic acids is 1. The number of para-hydroxylation sites is 1. The van der Waals surface area contributed by atoms with Crippen LogP contribution < -0.4 is 5.73 Å². The van der Waals surface area contributed by atoms with Gasteiger partial charge in [-0.3, -0.25) is 9.59 Å². The highest BCUT2D eigenvalue weighted by Gasteiger charge is 2.23. The maximum absolute atomic E-state index is 11.9. The van der Waals surface area contributed by atoms with Crippen molar-refractivity contribution in [2.45, 2.75) is 40.0 Å². The molecule has 6 heteroatoms. The van der Waals surface area contributed by atoms with E-state index < -0.39 is 17.4 Å². The van der Waals surface area contributed by atoms with Crippen molar-refractivity contribution in [3.05, 3.63) is 36.0 Å². The van der Waals surface area contributed by atoms with Gasteiger partial charge in [-0.25, -0.2) is 0 Å². The van der Waals surface area contributed by atoms with E-state index in [1.54, 1.807) is 31.5 Å². The SMILES string of the molecule is CC(C)(C)C(=O)OCn1cc(CC(N)C(=O)O)c2ccccc21. The molecule has 2 rings (SSSR count). The number of carbonyl (C=O) groups excluding carboxylic acids is 1. The Kier molecular flexibility index (Phi) is 4.75. The van der Waals surface area contributed by atoms with Crippen LogP contribution in [0.3, 0.4) is 0 Å². The van der Waals surface area contributed by atoms with E-state index in [0.717, 1.165) is 16.5 Å². The molecule has 0 spiro atoms. The van der Waals surface area contributed by atoms with Crippen molar-refractivity contribution in [1.82, 2.24) is 4.57 Å². The summed E-state index contributed by atoms with van der Waals surface area (Å²) in [4.78, 5) is 22.9. The van der Waals surface area contributed by atoms with Crippen molar-refractivity contribution >= 4 is 22.8 Å². The second-order valence-corrected chi connectivity index (χ2v) is 6.60. The number of carboxylic acids is 1. The van der Waals surface area contributed by atoms with E-state index in [-0.39, 0.29) is 19.1 Å². The Morgan fingerprint density at radius 2 is 1.96 bits per heavy atom. The van der Waals surface area contributed by atoms with Crippen molar-refractivity contribution < 1.29 is 19.4 Å². The summed E-state index contributed by atoms with van der Waals surface area (Å²) in [5.41, 5.74) is 6.76. The Hall–Kier alpha value is -2.34. The Bertz CT molecular complexity index is 728. The quantitative estimate of drug-likeness (QED) is 0.824. The minimum absolute atomic E-state index is 0.0823. The minimum atomic E-state index is -1.04. The maximum atomic E-state index is 11.9. The van der Waals surface area contributed by atoms with E-state index in [1.807, 2.05) is 24.3 Å². The molecule has 0 saturated carbocycles. The molecule has 1 unspecified atom stereocenters. The zero-order chi connectivity index (χ0) is 17.2. The smallest absolute Gasteiger partial charge is 0.320 e. The molecule has 0 aliphatic carbocycles. The average molecular weight is 318 g/mol. The van der Waals surface area contributed by atoms with Crippen LogP contribution in [0, 0.1) is 5.41 Å². The summed E-state index contributed by atoms with van der Waals surface area (Å²) in [5, 5.41) is 9.90. The summed E-state index contributed by atoms with van der Waals surface area (Å²) < 4.78 is 7.14. The van der Waals surface area contributed by atoms with Gasteiger partial charge in [-0.05, 0) is 32.4 Å². The predicted molar refractivity (Wildman–Crippen MR) is 86.8 cm³/mol. The fourth-order valence-corrected chi connectivity index (χ4v) is 2.26. The Morgan fingerprint density at radius 3 is 2.57 bits per heavy atom. The van der Waals surface area contributed by atoms with Gasteiger partial charge in [0.1, 0.15) is 6.04 Å². The van der Waals surface area contributed by atoms with E-state index in [2.05, 4.69) is 0 Å². The standard InChI is InChI=1S/C17H22N2O4/c1-17(2,3)16(22)23-10-19-9-11(8-13(18)15(20)21)12-6-4-5-7-14(12)19/h4-7,9,13H,8,10,18H2,1-3H3,(H,20,21). The number of hydrogen-bond donors (Lipinski definition) is 2. The fourth-order valence-electron chi connectivity index (χ4n) is 2.26. The van der Waals surface area contributed by atoms with E-state index >= 15 is 0 Å². The Labute approximate surface area is 134 Å². The molecule has 1 heterocycles. The van der Waals surface area contributed by atoms with Gasteiger partial charge in [-0.15, -0.1) is 0 Å². The second kappa shape index (κ2) is 6.42. The van der Waals surface area contributed by atoms with Crippen LogP contribution in [0.4, 0.5) is 0 Å². The largest absolute Gasteiger partial charge is 0.480 e. The van der Waals surface area contributed by atoms with Crippen LogP contribution in [0.5, 0.6) is 0 Å². The number of fused-ring (bicyclic) bond motifs is 1. The molecular weight excluding hydrogens is 296 g/mol. The molecule has 0 radical (unpaired) electrons. The van der Waals surface area contributed by atoms with Gasteiger partial charge in [0.15, 0.2) is 6.73 Å². The van der Waals surface area contributed by atoms with E-state index in [0.29, 0.717) is 0 Å². The molecule has 6 nitrogen and oxygen atoms in total. The second-order valence-electron chi connectivity index (χ2n) is 6.60. The number of rotatable bonds is 5. The molecule has 2 aromatic rings. The Morgan fingerprint density at radius 1 is 1.30 bits per heavy atom. The van der Waals surface area contributed by atoms with Crippen LogP contribution in [-0.2, 0) is 27.5 Å². The number of carboxylic acid groups (broad SMARTS) is 1. The number of nitrogens with zero attached hydrogens (tertiary/aromatic N) is 1. The number of hydrogen-bond acceptors (Lipinski definition) is 4.